The Hall–Kier alpha value is -4.33. The number of anilines is 1. The fraction of sp³-hybridized carbons (Fsp3) is 0.222. The van der Waals surface area contributed by atoms with Crippen LogP contribution in [0.1, 0.15) is 0 Å². The number of para-hydroxylation sites is 1. The molecule has 1 aromatic heterocycles. The Morgan fingerprint density at radius 3 is 2.20 bits per heavy atom. The topological polar surface area (TPSA) is 80.9 Å². The van der Waals surface area contributed by atoms with Crippen LogP contribution < -0.4 is 14.4 Å². The Bertz CT molecular complexity index is 1250. The van der Waals surface area contributed by atoms with Crippen LogP contribution in [-0.4, -0.2) is 60.8 Å². The van der Waals surface area contributed by atoms with Gasteiger partial charge in [0, 0.05) is 43.0 Å². The number of aromatic nitrogens is 2. The molecule has 4 aromatic rings. The molecule has 3 aromatic carbocycles. The standard InChI is InChI=1S/C27H26N4O4/c1-33-23-11-7-20(8-12-23)26-28-27(35-29-26)21-9-13-24(14-10-21)34-19-25(32)31-17-15-30(16-18-31)22-5-3-2-4-6-22/h2-14H,15-19H2,1H3. The molecular weight excluding hydrogens is 444 g/mol. The van der Waals surface area contributed by atoms with Crippen LogP contribution in [-0.2, 0) is 4.79 Å². The second-order valence-electron chi connectivity index (χ2n) is 8.17. The molecule has 0 saturated carbocycles. The molecule has 1 amide bonds. The number of hydrogen-bond donors (Lipinski definition) is 0. The van der Waals surface area contributed by atoms with E-state index in [4.69, 9.17) is 14.0 Å². The molecule has 0 atom stereocenters. The van der Waals surface area contributed by atoms with Gasteiger partial charge in [-0.15, -0.1) is 0 Å². The van der Waals surface area contributed by atoms with E-state index >= 15 is 0 Å². The van der Waals surface area contributed by atoms with E-state index in [1.165, 1.54) is 5.69 Å². The molecule has 5 rings (SSSR count). The number of carbonyl (C=O) groups is 1. The molecule has 1 saturated heterocycles. The summed E-state index contributed by atoms with van der Waals surface area (Å²) in [5, 5.41) is 4.06. The van der Waals surface area contributed by atoms with E-state index in [0.717, 1.165) is 30.0 Å². The Kier molecular flexibility index (Phi) is 6.61. The van der Waals surface area contributed by atoms with Gasteiger partial charge in [-0.1, -0.05) is 23.4 Å². The van der Waals surface area contributed by atoms with Crippen LogP contribution in [0.15, 0.2) is 83.4 Å². The van der Waals surface area contributed by atoms with E-state index < -0.39 is 0 Å². The predicted octanol–water partition coefficient (Wildman–Crippen LogP) is 4.14. The van der Waals surface area contributed by atoms with E-state index in [0.29, 0.717) is 30.6 Å². The fourth-order valence-corrected chi connectivity index (χ4v) is 3.98. The van der Waals surface area contributed by atoms with Crippen LogP contribution >= 0.6 is 0 Å². The minimum Gasteiger partial charge on any atom is -0.497 e. The van der Waals surface area contributed by atoms with Crippen molar-refractivity contribution in [2.24, 2.45) is 0 Å². The van der Waals surface area contributed by atoms with Crippen LogP contribution in [0.5, 0.6) is 11.5 Å². The number of ether oxygens (including phenoxy) is 2. The van der Waals surface area contributed by atoms with Crippen molar-refractivity contribution >= 4 is 11.6 Å². The molecule has 0 N–H and O–H groups in total. The molecule has 2 heterocycles. The largest absolute Gasteiger partial charge is 0.497 e. The van der Waals surface area contributed by atoms with Gasteiger partial charge in [0.25, 0.3) is 11.8 Å². The van der Waals surface area contributed by atoms with Crippen molar-refractivity contribution < 1.29 is 18.8 Å². The quantitative estimate of drug-likeness (QED) is 0.402. The third-order valence-electron chi connectivity index (χ3n) is 5.99. The number of piperazine rings is 1. The third kappa shape index (κ3) is 5.27. The summed E-state index contributed by atoms with van der Waals surface area (Å²) in [7, 11) is 1.62. The van der Waals surface area contributed by atoms with Gasteiger partial charge in [-0.05, 0) is 60.7 Å². The molecule has 35 heavy (non-hydrogen) atoms. The van der Waals surface area contributed by atoms with Crippen molar-refractivity contribution in [1.29, 1.82) is 0 Å². The molecule has 1 aliphatic heterocycles. The Labute approximate surface area is 203 Å². The van der Waals surface area contributed by atoms with E-state index in [9.17, 15) is 4.79 Å². The van der Waals surface area contributed by atoms with E-state index in [2.05, 4.69) is 27.2 Å². The molecule has 0 bridgehead atoms. The van der Waals surface area contributed by atoms with Crippen LogP contribution in [0, 0.1) is 0 Å². The number of nitrogens with zero attached hydrogens (tertiary/aromatic N) is 4. The zero-order valence-corrected chi connectivity index (χ0v) is 19.5. The maximum Gasteiger partial charge on any atom is 0.260 e. The smallest absolute Gasteiger partial charge is 0.260 e. The highest BCUT2D eigenvalue weighted by Crippen LogP contribution is 2.25. The lowest BCUT2D eigenvalue weighted by Gasteiger charge is -2.36. The lowest BCUT2D eigenvalue weighted by atomic mass is 10.2. The van der Waals surface area contributed by atoms with Crippen molar-refractivity contribution in [1.82, 2.24) is 15.0 Å². The summed E-state index contributed by atoms with van der Waals surface area (Å²) in [5.41, 5.74) is 2.80. The molecule has 0 aliphatic carbocycles. The Morgan fingerprint density at radius 1 is 0.857 bits per heavy atom. The molecule has 8 heteroatoms. The van der Waals surface area contributed by atoms with E-state index in [1.54, 1.807) is 19.2 Å². The van der Waals surface area contributed by atoms with E-state index in [-0.39, 0.29) is 12.5 Å². The molecule has 8 nitrogen and oxygen atoms in total. The molecular formula is C27H26N4O4. The number of rotatable bonds is 7. The van der Waals surface area contributed by atoms with Crippen molar-refractivity contribution in [3.05, 3.63) is 78.9 Å². The molecule has 178 valence electrons. The molecule has 0 unspecified atom stereocenters. The first-order chi connectivity index (χ1) is 17.2. The molecule has 0 spiro atoms. The Balaban J connectivity index is 1.13. The van der Waals surface area contributed by atoms with Crippen LogP contribution in [0.4, 0.5) is 5.69 Å². The highest BCUT2D eigenvalue weighted by molar-refractivity contribution is 5.78. The summed E-state index contributed by atoms with van der Waals surface area (Å²) < 4.78 is 16.3. The van der Waals surface area contributed by atoms with Gasteiger partial charge in [-0.2, -0.15) is 4.98 Å². The number of hydrogen-bond acceptors (Lipinski definition) is 7. The van der Waals surface area contributed by atoms with Crippen molar-refractivity contribution in [2.45, 2.75) is 0 Å². The number of methoxy groups -OCH3 is 1. The molecule has 1 aliphatic rings. The summed E-state index contributed by atoms with van der Waals surface area (Å²) in [6.45, 7) is 3.00. The van der Waals surface area contributed by atoms with Gasteiger partial charge in [0.2, 0.25) is 5.82 Å². The van der Waals surface area contributed by atoms with E-state index in [1.807, 2.05) is 59.5 Å². The summed E-state index contributed by atoms with van der Waals surface area (Å²) in [4.78, 5) is 21.2. The van der Waals surface area contributed by atoms with Gasteiger partial charge in [0.1, 0.15) is 11.5 Å². The second kappa shape index (κ2) is 10.3. The average molecular weight is 471 g/mol. The first-order valence-corrected chi connectivity index (χ1v) is 11.5. The molecule has 0 radical (unpaired) electrons. The lowest BCUT2D eigenvalue weighted by Crippen LogP contribution is -2.50. The minimum atomic E-state index is -0.0113. The summed E-state index contributed by atoms with van der Waals surface area (Å²) >= 11 is 0. The summed E-state index contributed by atoms with van der Waals surface area (Å²) in [5.74, 6) is 2.28. The second-order valence-corrected chi connectivity index (χ2v) is 8.17. The average Bonchev–Trinajstić information content (AvgIpc) is 3.43. The summed E-state index contributed by atoms with van der Waals surface area (Å²) in [6, 6.07) is 25.0. The maximum atomic E-state index is 12.6. The minimum absolute atomic E-state index is 0.00680. The van der Waals surface area contributed by atoms with Gasteiger partial charge >= 0.3 is 0 Å². The van der Waals surface area contributed by atoms with Crippen molar-refractivity contribution in [3.8, 4) is 34.3 Å². The van der Waals surface area contributed by atoms with Gasteiger partial charge in [-0.3, -0.25) is 4.79 Å². The predicted molar refractivity (Wildman–Crippen MR) is 132 cm³/mol. The number of amides is 1. The highest BCUT2D eigenvalue weighted by atomic mass is 16.5. The highest BCUT2D eigenvalue weighted by Gasteiger charge is 2.21. The SMILES string of the molecule is COc1ccc(-c2noc(-c3ccc(OCC(=O)N4CCN(c5ccccc5)CC4)cc3)n2)cc1. The Morgan fingerprint density at radius 2 is 1.51 bits per heavy atom. The number of benzene rings is 3. The van der Waals surface area contributed by atoms with Crippen LogP contribution in [0.3, 0.4) is 0 Å². The first kappa shape index (κ1) is 22.5. The summed E-state index contributed by atoms with van der Waals surface area (Å²) in [6.07, 6.45) is 0. The molecule has 1 fully saturated rings. The van der Waals surface area contributed by atoms with Crippen molar-refractivity contribution in [3.63, 3.8) is 0 Å². The van der Waals surface area contributed by atoms with Gasteiger partial charge in [-0.25, -0.2) is 0 Å². The monoisotopic (exact) mass is 470 g/mol. The normalized spacial score (nSPS) is 13.5. The fourth-order valence-electron chi connectivity index (χ4n) is 3.98. The van der Waals surface area contributed by atoms with Gasteiger partial charge < -0.3 is 23.8 Å². The first-order valence-electron chi connectivity index (χ1n) is 11.5. The van der Waals surface area contributed by atoms with Crippen molar-refractivity contribution in [2.75, 3.05) is 44.8 Å². The van der Waals surface area contributed by atoms with Crippen LogP contribution in [0.2, 0.25) is 0 Å². The number of carbonyl (C=O) groups excluding carboxylic acids is 1. The zero-order chi connectivity index (χ0) is 24.0. The van der Waals surface area contributed by atoms with Gasteiger partial charge in [0.05, 0.1) is 7.11 Å². The van der Waals surface area contributed by atoms with Crippen LogP contribution in [0.25, 0.3) is 22.8 Å². The maximum absolute atomic E-state index is 12.6. The van der Waals surface area contributed by atoms with Gasteiger partial charge in [0.15, 0.2) is 6.61 Å². The lowest BCUT2D eigenvalue weighted by molar-refractivity contribution is -0.133. The third-order valence-corrected chi connectivity index (χ3v) is 5.99. The zero-order valence-electron chi connectivity index (χ0n) is 19.5.